The molecule has 5 aromatic rings. The van der Waals surface area contributed by atoms with Crippen molar-refractivity contribution in [3.05, 3.63) is 66.4 Å². The summed E-state index contributed by atoms with van der Waals surface area (Å²) in [6.45, 7) is 0. The first-order chi connectivity index (χ1) is 15.2. The van der Waals surface area contributed by atoms with E-state index in [0.29, 0.717) is 27.9 Å². The second kappa shape index (κ2) is 7.92. The van der Waals surface area contributed by atoms with Gasteiger partial charge in [0.2, 0.25) is 5.88 Å². The average molecular weight is 429 g/mol. The fraction of sp³-hybridized carbons (Fsp3) is 0.0476. The van der Waals surface area contributed by atoms with Crippen LogP contribution in [0.5, 0.6) is 5.88 Å². The van der Waals surface area contributed by atoms with Crippen LogP contribution in [0.2, 0.25) is 0 Å². The molecule has 1 amide bonds. The Kier molecular flexibility index (Phi) is 4.81. The van der Waals surface area contributed by atoms with Gasteiger partial charge in [-0.05, 0) is 28.1 Å². The number of hydrogen-bond acceptors (Lipinski definition) is 8. The first kappa shape index (κ1) is 18.8. The first-order valence-corrected chi connectivity index (χ1v) is 10.1. The van der Waals surface area contributed by atoms with Gasteiger partial charge >= 0.3 is 0 Å². The molecule has 3 aromatic heterocycles. The molecular weight excluding hydrogens is 414 g/mol. The molecule has 0 spiro atoms. The van der Waals surface area contributed by atoms with E-state index >= 15 is 0 Å². The lowest BCUT2D eigenvalue weighted by Gasteiger charge is -2.04. The summed E-state index contributed by atoms with van der Waals surface area (Å²) in [4.78, 5) is 21.7. The SMILES string of the molecule is COc1ncc(-c2ccccc2)c2sc(NC(=O)c3ccc(-c4nnn[nH]4)cc3)nc12. The van der Waals surface area contributed by atoms with Gasteiger partial charge in [-0.1, -0.05) is 53.8 Å². The second-order valence-corrected chi connectivity index (χ2v) is 7.52. The normalized spacial score (nSPS) is 10.9. The van der Waals surface area contributed by atoms with Crippen molar-refractivity contribution in [3.63, 3.8) is 0 Å². The number of nitrogens with zero attached hydrogens (tertiary/aromatic N) is 5. The predicted octanol–water partition coefficient (Wildman–Crippen LogP) is 3.80. The summed E-state index contributed by atoms with van der Waals surface area (Å²) in [7, 11) is 1.55. The van der Waals surface area contributed by atoms with Crippen LogP contribution in [0, 0.1) is 0 Å². The third-order valence-corrected chi connectivity index (χ3v) is 5.65. The summed E-state index contributed by atoms with van der Waals surface area (Å²) in [5.74, 6) is 0.678. The molecule has 0 bridgehead atoms. The number of thiazole rings is 1. The summed E-state index contributed by atoms with van der Waals surface area (Å²) in [6, 6.07) is 16.9. The molecule has 3 heterocycles. The number of H-pyrrole nitrogens is 1. The quantitative estimate of drug-likeness (QED) is 0.436. The lowest BCUT2D eigenvalue weighted by molar-refractivity contribution is 0.102. The Morgan fingerprint density at radius 1 is 1.06 bits per heavy atom. The van der Waals surface area contributed by atoms with Crippen molar-refractivity contribution in [2.45, 2.75) is 0 Å². The Morgan fingerprint density at radius 2 is 1.87 bits per heavy atom. The molecule has 0 aliphatic rings. The smallest absolute Gasteiger partial charge is 0.257 e. The number of methoxy groups -OCH3 is 1. The molecule has 0 unspecified atom stereocenters. The predicted molar refractivity (Wildman–Crippen MR) is 117 cm³/mol. The van der Waals surface area contributed by atoms with Crippen molar-refractivity contribution < 1.29 is 9.53 Å². The maximum absolute atomic E-state index is 12.8. The minimum absolute atomic E-state index is 0.269. The van der Waals surface area contributed by atoms with Crippen molar-refractivity contribution >= 4 is 32.6 Å². The van der Waals surface area contributed by atoms with Crippen molar-refractivity contribution in [2.75, 3.05) is 12.4 Å². The number of nitrogens with one attached hydrogen (secondary N) is 2. The zero-order chi connectivity index (χ0) is 21.2. The summed E-state index contributed by atoms with van der Waals surface area (Å²) in [5.41, 5.74) is 3.83. The molecule has 0 radical (unpaired) electrons. The highest BCUT2D eigenvalue weighted by Gasteiger charge is 2.17. The number of anilines is 1. The van der Waals surface area contributed by atoms with Crippen LogP contribution in [0.4, 0.5) is 5.13 Å². The molecule has 0 aliphatic carbocycles. The Bertz CT molecular complexity index is 1350. The molecule has 31 heavy (non-hydrogen) atoms. The molecule has 5 rings (SSSR count). The molecule has 0 fully saturated rings. The Morgan fingerprint density at radius 3 is 2.58 bits per heavy atom. The van der Waals surface area contributed by atoms with Gasteiger partial charge in [0, 0.05) is 22.9 Å². The van der Waals surface area contributed by atoms with Crippen LogP contribution in [0.15, 0.2) is 60.8 Å². The van der Waals surface area contributed by atoms with E-state index in [1.807, 2.05) is 30.3 Å². The number of carbonyl (C=O) groups is 1. The van der Waals surface area contributed by atoms with Gasteiger partial charge in [-0.2, -0.15) is 0 Å². The molecular formula is C21H15N7O2S. The number of aromatic amines is 1. The average Bonchev–Trinajstić information content (AvgIpc) is 3.49. The summed E-state index contributed by atoms with van der Waals surface area (Å²) in [6.07, 6.45) is 1.76. The van der Waals surface area contributed by atoms with E-state index in [-0.39, 0.29) is 5.91 Å². The number of pyridine rings is 1. The van der Waals surface area contributed by atoms with Crippen molar-refractivity contribution in [3.8, 4) is 28.4 Å². The molecule has 9 nitrogen and oxygen atoms in total. The summed E-state index contributed by atoms with van der Waals surface area (Å²) in [5, 5.41) is 17.0. The molecule has 0 saturated heterocycles. The molecule has 2 aromatic carbocycles. The molecule has 10 heteroatoms. The minimum atomic E-state index is -0.269. The highest BCUT2D eigenvalue weighted by Crippen LogP contribution is 2.38. The van der Waals surface area contributed by atoms with Crippen LogP contribution in [0.25, 0.3) is 32.7 Å². The van der Waals surface area contributed by atoms with Crippen LogP contribution < -0.4 is 10.1 Å². The Hall–Kier alpha value is -4.18. The van der Waals surface area contributed by atoms with Gasteiger partial charge in [-0.15, -0.1) is 5.10 Å². The van der Waals surface area contributed by atoms with E-state index in [0.717, 1.165) is 21.4 Å². The molecule has 0 atom stereocenters. The van der Waals surface area contributed by atoms with Crippen LogP contribution in [0.3, 0.4) is 0 Å². The van der Waals surface area contributed by atoms with Crippen LogP contribution in [-0.2, 0) is 0 Å². The van der Waals surface area contributed by atoms with Gasteiger partial charge in [-0.3, -0.25) is 10.1 Å². The van der Waals surface area contributed by atoms with E-state index in [2.05, 4.69) is 35.9 Å². The standard InChI is InChI=1S/C21H15N7O2S/c1-30-20-16-17(15(11-22-20)12-5-3-2-4-6-12)31-21(23-16)24-19(29)14-9-7-13(8-10-14)18-25-27-28-26-18/h2-11H,1H3,(H,23,24,29)(H,25,26,27,28). The van der Waals surface area contributed by atoms with Crippen molar-refractivity contribution in [2.24, 2.45) is 0 Å². The highest BCUT2D eigenvalue weighted by molar-refractivity contribution is 7.23. The van der Waals surface area contributed by atoms with Crippen LogP contribution in [0.1, 0.15) is 10.4 Å². The van der Waals surface area contributed by atoms with Crippen molar-refractivity contribution in [1.29, 1.82) is 0 Å². The summed E-state index contributed by atoms with van der Waals surface area (Å²) < 4.78 is 6.26. The number of fused-ring (bicyclic) bond motifs is 1. The number of rotatable bonds is 5. The number of hydrogen-bond donors (Lipinski definition) is 2. The van der Waals surface area contributed by atoms with Gasteiger partial charge in [0.15, 0.2) is 11.0 Å². The van der Waals surface area contributed by atoms with E-state index in [4.69, 9.17) is 4.74 Å². The maximum Gasteiger partial charge on any atom is 0.257 e. The number of amides is 1. The van der Waals surface area contributed by atoms with Gasteiger partial charge < -0.3 is 4.74 Å². The third kappa shape index (κ3) is 3.60. The second-order valence-electron chi connectivity index (χ2n) is 6.53. The van der Waals surface area contributed by atoms with Gasteiger partial charge in [0.05, 0.1) is 11.8 Å². The highest BCUT2D eigenvalue weighted by atomic mass is 32.1. The molecule has 152 valence electrons. The monoisotopic (exact) mass is 429 g/mol. The van der Waals surface area contributed by atoms with E-state index in [9.17, 15) is 4.79 Å². The van der Waals surface area contributed by atoms with Crippen LogP contribution >= 0.6 is 11.3 Å². The summed E-state index contributed by atoms with van der Waals surface area (Å²) >= 11 is 1.38. The number of ether oxygens (including phenoxy) is 1. The Labute approximate surface area is 180 Å². The van der Waals surface area contributed by atoms with Crippen LogP contribution in [-0.4, -0.2) is 43.6 Å². The zero-order valence-electron chi connectivity index (χ0n) is 16.2. The fourth-order valence-electron chi connectivity index (χ4n) is 3.15. The largest absolute Gasteiger partial charge is 0.479 e. The molecule has 2 N–H and O–H groups in total. The van der Waals surface area contributed by atoms with Gasteiger partial charge in [-0.25, -0.2) is 15.1 Å². The fourth-order valence-corrected chi connectivity index (χ4v) is 4.13. The number of tetrazole rings is 1. The number of aromatic nitrogens is 6. The number of benzene rings is 2. The van der Waals surface area contributed by atoms with E-state index in [1.165, 1.54) is 11.3 Å². The Balaban J connectivity index is 1.46. The van der Waals surface area contributed by atoms with E-state index in [1.54, 1.807) is 37.6 Å². The van der Waals surface area contributed by atoms with E-state index < -0.39 is 0 Å². The van der Waals surface area contributed by atoms with Gasteiger partial charge in [0.1, 0.15) is 5.52 Å². The molecule has 0 aliphatic heterocycles. The first-order valence-electron chi connectivity index (χ1n) is 9.27. The lowest BCUT2D eigenvalue weighted by Crippen LogP contribution is -2.11. The van der Waals surface area contributed by atoms with Gasteiger partial charge in [0.25, 0.3) is 5.91 Å². The molecule has 0 saturated carbocycles. The topological polar surface area (TPSA) is 119 Å². The lowest BCUT2D eigenvalue weighted by atomic mass is 10.1. The number of carbonyl (C=O) groups excluding carboxylic acids is 1. The minimum Gasteiger partial charge on any atom is -0.479 e. The van der Waals surface area contributed by atoms with Crippen molar-refractivity contribution in [1.82, 2.24) is 30.6 Å². The maximum atomic E-state index is 12.8. The third-order valence-electron chi connectivity index (χ3n) is 4.65. The zero-order valence-corrected chi connectivity index (χ0v) is 17.1.